The smallest absolute Gasteiger partial charge is 0.119 e. The molecule has 1 aromatic rings. The molecule has 2 rings (SSSR count). The molecule has 0 spiro atoms. The van der Waals surface area contributed by atoms with Gasteiger partial charge in [-0.2, -0.15) is 0 Å². The van der Waals surface area contributed by atoms with Gasteiger partial charge in [-0.15, -0.1) is 6.58 Å². The maximum absolute atomic E-state index is 6.07. The number of rotatable bonds is 4. The number of ether oxygens (including phenoxy) is 2. The predicted octanol–water partition coefficient (Wildman–Crippen LogP) is 2.34. The molecule has 1 aliphatic rings. The Morgan fingerprint density at radius 3 is 3.00 bits per heavy atom. The van der Waals surface area contributed by atoms with Crippen LogP contribution in [0.25, 0.3) is 0 Å². The molecule has 0 radical (unpaired) electrons. The van der Waals surface area contributed by atoms with Crippen molar-refractivity contribution in [3.63, 3.8) is 0 Å². The lowest BCUT2D eigenvalue weighted by molar-refractivity contribution is 0.0722. The summed E-state index contributed by atoms with van der Waals surface area (Å²) in [7, 11) is 1.66. The fourth-order valence-electron chi connectivity index (χ4n) is 2.12. The van der Waals surface area contributed by atoms with Crippen LogP contribution < -0.4 is 10.5 Å². The van der Waals surface area contributed by atoms with Crippen LogP contribution in [0, 0.1) is 0 Å². The van der Waals surface area contributed by atoms with Gasteiger partial charge in [0.1, 0.15) is 5.75 Å². The average molecular weight is 219 g/mol. The lowest BCUT2D eigenvalue weighted by Gasteiger charge is -2.11. The van der Waals surface area contributed by atoms with Crippen LogP contribution in [0.1, 0.15) is 29.7 Å². The third-order valence-electron chi connectivity index (χ3n) is 2.92. The standard InChI is InChI=1S/C13H17NO2/c1-3-6-16-13-8-12(14)11-7-9(15-2)4-5-10(11)13/h3-5,7,12-13H,1,6,8,14H2,2H3/t12-,13+/m1/s1. The molecule has 0 fully saturated rings. The molecule has 86 valence electrons. The summed E-state index contributed by atoms with van der Waals surface area (Å²) in [6, 6.07) is 6.02. The second-order valence-corrected chi connectivity index (χ2v) is 3.95. The molecule has 0 heterocycles. The summed E-state index contributed by atoms with van der Waals surface area (Å²) in [5, 5.41) is 0. The highest BCUT2D eigenvalue weighted by molar-refractivity contribution is 5.42. The van der Waals surface area contributed by atoms with E-state index in [1.54, 1.807) is 13.2 Å². The molecule has 3 nitrogen and oxygen atoms in total. The second-order valence-electron chi connectivity index (χ2n) is 3.95. The van der Waals surface area contributed by atoms with Gasteiger partial charge in [-0.3, -0.25) is 0 Å². The van der Waals surface area contributed by atoms with E-state index in [2.05, 4.69) is 6.58 Å². The Labute approximate surface area is 95.9 Å². The van der Waals surface area contributed by atoms with Gasteiger partial charge in [0, 0.05) is 6.04 Å². The van der Waals surface area contributed by atoms with Crippen molar-refractivity contribution in [1.82, 2.24) is 0 Å². The summed E-state index contributed by atoms with van der Waals surface area (Å²) in [4.78, 5) is 0. The minimum atomic E-state index is 0.0416. The van der Waals surface area contributed by atoms with Crippen molar-refractivity contribution < 1.29 is 9.47 Å². The van der Waals surface area contributed by atoms with E-state index in [-0.39, 0.29) is 12.1 Å². The third-order valence-corrected chi connectivity index (χ3v) is 2.92. The molecule has 0 bridgehead atoms. The lowest BCUT2D eigenvalue weighted by Crippen LogP contribution is -2.06. The molecule has 16 heavy (non-hydrogen) atoms. The van der Waals surface area contributed by atoms with E-state index in [0.29, 0.717) is 6.61 Å². The van der Waals surface area contributed by atoms with Crippen LogP contribution in [0.15, 0.2) is 30.9 Å². The van der Waals surface area contributed by atoms with E-state index in [1.807, 2.05) is 18.2 Å². The Kier molecular flexibility index (Phi) is 3.27. The molecule has 0 aromatic heterocycles. The van der Waals surface area contributed by atoms with Crippen LogP contribution in [-0.2, 0) is 4.74 Å². The molecular formula is C13H17NO2. The molecule has 0 aliphatic heterocycles. The van der Waals surface area contributed by atoms with Gasteiger partial charge in [0.25, 0.3) is 0 Å². The fraction of sp³-hybridized carbons (Fsp3) is 0.385. The molecule has 2 N–H and O–H groups in total. The molecule has 1 aliphatic carbocycles. The number of hydrogen-bond donors (Lipinski definition) is 1. The first-order chi connectivity index (χ1) is 7.76. The van der Waals surface area contributed by atoms with Gasteiger partial charge in [-0.05, 0) is 29.7 Å². The van der Waals surface area contributed by atoms with Gasteiger partial charge in [0.2, 0.25) is 0 Å². The molecule has 0 saturated carbocycles. The summed E-state index contributed by atoms with van der Waals surface area (Å²) >= 11 is 0. The predicted molar refractivity (Wildman–Crippen MR) is 63.4 cm³/mol. The zero-order valence-corrected chi connectivity index (χ0v) is 9.48. The largest absolute Gasteiger partial charge is 0.497 e. The Morgan fingerprint density at radius 1 is 1.50 bits per heavy atom. The minimum absolute atomic E-state index is 0.0416. The highest BCUT2D eigenvalue weighted by Gasteiger charge is 2.29. The lowest BCUT2D eigenvalue weighted by atomic mass is 10.1. The van der Waals surface area contributed by atoms with Crippen LogP contribution in [-0.4, -0.2) is 13.7 Å². The molecule has 0 saturated heterocycles. The monoisotopic (exact) mass is 219 g/mol. The normalized spacial score (nSPS) is 22.9. The Balaban J connectivity index is 2.25. The van der Waals surface area contributed by atoms with Crippen LogP contribution in [0.3, 0.4) is 0 Å². The summed E-state index contributed by atoms with van der Waals surface area (Å²) in [6.07, 6.45) is 2.68. The zero-order chi connectivity index (χ0) is 11.5. The highest BCUT2D eigenvalue weighted by atomic mass is 16.5. The van der Waals surface area contributed by atoms with Crippen molar-refractivity contribution in [3.8, 4) is 5.75 Å². The van der Waals surface area contributed by atoms with Gasteiger partial charge in [-0.25, -0.2) is 0 Å². The van der Waals surface area contributed by atoms with Gasteiger partial charge in [0.05, 0.1) is 19.8 Å². The summed E-state index contributed by atoms with van der Waals surface area (Å²) < 4.78 is 10.9. The van der Waals surface area contributed by atoms with Gasteiger partial charge in [-0.1, -0.05) is 12.1 Å². The molecule has 3 heteroatoms. The Morgan fingerprint density at radius 2 is 2.31 bits per heavy atom. The first kappa shape index (κ1) is 11.2. The molecule has 2 atom stereocenters. The van der Waals surface area contributed by atoms with Crippen molar-refractivity contribution >= 4 is 0 Å². The van der Waals surface area contributed by atoms with Crippen molar-refractivity contribution in [1.29, 1.82) is 0 Å². The van der Waals surface area contributed by atoms with E-state index in [4.69, 9.17) is 15.2 Å². The van der Waals surface area contributed by atoms with E-state index in [9.17, 15) is 0 Å². The number of fused-ring (bicyclic) bond motifs is 1. The Hall–Kier alpha value is -1.32. The molecule has 1 aromatic carbocycles. The number of hydrogen-bond acceptors (Lipinski definition) is 3. The summed E-state index contributed by atoms with van der Waals surface area (Å²) in [6.45, 7) is 4.21. The van der Waals surface area contributed by atoms with Crippen LogP contribution >= 0.6 is 0 Å². The topological polar surface area (TPSA) is 44.5 Å². The van der Waals surface area contributed by atoms with E-state index < -0.39 is 0 Å². The summed E-state index contributed by atoms with van der Waals surface area (Å²) in [5.74, 6) is 0.846. The average Bonchev–Trinajstić information content (AvgIpc) is 2.63. The van der Waals surface area contributed by atoms with Gasteiger partial charge < -0.3 is 15.2 Å². The van der Waals surface area contributed by atoms with Crippen molar-refractivity contribution in [2.24, 2.45) is 5.73 Å². The van der Waals surface area contributed by atoms with Crippen LogP contribution in [0.2, 0.25) is 0 Å². The Bertz CT molecular complexity index is 390. The number of methoxy groups -OCH3 is 1. The van der Waals surface area contributed by atoms with Crippen molar-refractivity contribution in [2.45, 2.75) is 18.6 Å². The molecule has 0 amide bonds. The number of nitrogens with two attached hydrogens (primary N) is 1. The van der Waals surface area contributed by atoms with Crippen molar-refractivity contribution in [3.05, 3.63) is 42.0 Å². The van der Waals surface area contributed by atoms with Gasteiger partial charge in [0.15, 0.2) is 0 Å². The summed E-state index contributed by atoms with van der Waals surface area (Å²) in [5.41, 5.74) is 8.38. The zero-order valence-electron chi connectivity index (χ0n) is 9.48. The van der Waals surface area contributed by atoms with E-state index >= 15 is 0 Å². The highest BCUT2D eigenvalue weighted by Crippen LogP contribution is 2.41. The second kappa shape index (κ2) is 4.68. The van der Waals surface area contributed by atoms with E-state index in [1.165, 1.54) is 5.56 Å². The van der Waals surface area contributed by atoms with Crippen molar-refractivity contribution in [2.75, 3.05) is 13.7 Å². The van der Waals surface area contributed by atoms with Crippen LogP contribution in [0.5, 0.6) is 5.75 Å². The first-order valence-electron chi connectivity index (χ1n) is 5.42. The minimum Gasteiger partial charge on any atom is -0.497 e. The van der Waals surface area contributed by atoms with Gasteiger partial charge >= 0.3 is 0 Å². The van der Waals surface area contributed by atoms with E-state index in [0.717, 1.165) is 17.7 Å². The first-order valence-corrected chi connectivity index (χ1v) is 5.42. The maximum Gasteiger partial charge on any atom is 0.119 e. The maximum atomic E-state index is 6.07. The fourth-order valence-corrected chi connectivity index (χ4v) is 2.12. The quantitative estimate of drug-likeness (QED) is 0.790. The molecular weight excluding hydrogens is 202 g/mol. The third kappa shape index (κ3) is 1.96. The number of benzene rings is 1. The molecule has 0 unspecified atom stereocenters. The SMILES string of the molecule is C=CCO[C@H]1C[C@@H](N)c2cc(OC)ccc21. The van der Waals surface area contributed by atoms with Crippen LogP contribution in [0.4, 0.5) is 0 Å².